The number of hydrogen-bond donors (Lipinski definition) is 2. The molecule has 0 radical (unpaired) electrons. The number of rotatable bonds is 5. The fourth-order valence-electron chi connectivity index (χ4n) is 2.66. The summed E-state index contributed by atoms with van der Waals surface area (Å²) in [6, 6.07) is 8.26. The van der Waals surface area contributed by atoms with Crippen LogP contribution in [-0.2, 0) is 4.74 Å². The van der Waals surface area contributed by atoms with Crippen molar-refractivity contribution in [2.45, 2.75) is 44.4 Å². The third-order valence-corrected chi connectivity index (χ3v) is 4.02. The average Bonchev–Trinajstić information content (AvgIpc) is 3.14. The summed E-state index contributed by atoms with van der Waals surface area (Å²) in [5.41, 5.74) is 4.05. The first-order valence-corrected chi connectivity index (χ1v) is 7.12. The molecule has 1 aromatic rings. The van der Waals surface area contributed by atoms with Crippen molar-refractivity contribution in [2.75, 3.05) is 6.61 Å². The van der Waals surface area contributed by atoms with Crippen LogP contribution in [0.3, 0.4) is 0 Å². The van der Waals surface area contributed by atoms with Gasteiger partial charge in [-0.1, -0.05) is 19.1 Å². The highest BCUT2D eigenvalue weighted by Gasteiger charge is 2.32. The Morgan fingerprint density at radius 1 is 1.26 bits per heavy atom. The molecule has 3 rings (SSSR count). The molecule has 0 spiro atoms. The summed E-state index contributed by atoms with van der Waals surface area (Å²) in [6.07, 6.45) is 4.06. The predicted octanol–water partition coefficient (Wildman–Crippen LogP) is 2.16. The summed E-state index contributed by atoms with van der Waals surface area (Å²) in [5.74, 6) is 7.19. The minimum atomic E-state index is 0.0486. The predicted molar refractivity (Wildman–Crippen MR) is 73.7 cm³/mol. The van der Waals surface area contributed by atoms with E-state index in [-0.39, 0.29) is 12.1 Å². The topological polar surface area (TPSA) is 56.5 Å². The van der Waals surface area contributed by atoms with Gasteiger partial charge in [0, 0.05) is 6.61 Å². The Kier molecular flexibility index (Phi) is 3.73. The minimum Gasteiger partial charge on any atom is -0.490 e. The lowest BCUT2D eigenvalue weighted by molar-refractivity contribution is 0.0607. The minimum absolute atomic E-state index is 0.0486. The van der Waals surface area contributed by atoms with Gasteiger partial charge in [0.05, 0.1) is 18.2 Å². The molecule has 0 aromatic heterocycles. The van der Waals surface area contributed by atoms with Gasteiger partial charge in [0.25, 0.3) is 0 Å². The molecule has 1 aliphatic heterocycles. The molecule has 1 aliphatic carbocycles. The first-order valence-electron chi connectivity index (χ1n) is 7.12. The van der Waals surface area contributed by atoms with Crippen LogP contribution >= 0.6 is 0 Å². The number of hydrogen-bond acceptors (Lipinski definition) is 4. The zero-order valence-electron chi connectivity index (χ0n) is 11.3. The van der Waals surface area contributed by atoms with Crippen molar-refractivity contribution in [1.29, 1.82) is 0 Å². The molecule has 1 saturated carbocycles. The van der Waals surface area contributed by atoms with Crippen molar-refractivity contribution in [3.05, 3.63) is 29.8 Å². The van der Waals surface area contributed by atoms with Gasteiger partial charge in [-0.15, -0.1) is 0 Å². The summed E-state index contributed by atoms with van der Waals surface area (Å²) in [6.45, 7) is 3.04. The van der Waals surface area contributed by atoms with E-state index in [0.717, 1.165) is 24.3 Å². The Labute approximate surface area is 114 Å². The number of ether oxygens (including phenoxy) is 2. The van der Waals surface area contributed by atoms with E-state index in [1.807, 2.05) is 12.1 Å². The van der Waals surface area contributed by atoms with Crippen LogP contribution in [0.15, 0.2) is 24.3 Å². The molecule has 0 bridgehead atoms. The first kappa shape index (κ1) is 12.9. The Bertz CT molecular complexity index is 417. The molecule has 4 nitrogen and oxygen atoms in total. The second kappa shape index (κ2) is 5.49. The number of benzene rings is 1. The van der Waals surface area contributed by atoms with Crippen LogP contribution in [-0.4, -0.2) is 18.8 Å². The van der Waals surface area contributed by atoms with Crippen LogP contribution in [0.4, 0.5) is 0 Å². The van der Waals surface area contributed by atoms with Gasteiger partial charge in [-0.25, -0.2) is 0 Å². The van der Waals surface area contributed by atoms with E-state index >= 15 is 0 Å². The number of nitrogens with one attached hydrogen (secondary N) is 1. The molecular formula is C15H22N2O2. The molecule has 0 amide bonds. The van der Waals surface area contributed by atoms with Gasteiger partial charge in [0.15, 0.2) is 0 Å². The second-order valence-electron chi connectivity index (χ2n) is 5.63. The Morgan fingerprint density at radius 3 is 2.53 bits per heavy atom. The van der Waals surface area contributed by atoms with Crippen molar-refractivity contribution >= 4 is 0 Å². The van der Waals surface area contributed by atoms with E-state index in [9.17, 15) is 0 Å². The highest BCUT2D eigenvalue weighted by Crippen LogP contribution is 2.32. The standard InChI is InChI=1S/C15H22N2O2/c1-10-8-9-18-15(10)14(17-16)11-2-4-12(5-3-11)19-13-6-7-13/h2-5,10,13-15,17H,6-9,16H2,1H3. The van der Waals surface area contributed by atoms with Gasteiger partial charge < -0.3 is 9.47 Å². The third kappa shape index (κ3) is 2.91. The maximum absolute atomic E-state index is 5.80. The first-order chi connectivity index (χ1) is 9.28. The monoisotopic (exact) mass is 262 g/mol. The lowest BCUT2D eigenvalue weighted by atomic mass is 9.93. The molecule has 2 fully saturated rings. The van der Waals surface area contributed by atoms with Gasteiger partial charge in [-0.3, -0.25) is 11.3 Å². The van der Waals surface area contributed by atoms with Crippen molar-refractivity contribution < 1.29 is 9.47 Å². The van der Waals surface area contributed by atoms with Gasteiger partial charge in [-0.2, -0.15) is 0 Å². The Hall–Kier alpha value is -1.10. The summed E-state index contributed by atoms with van der Waals surface area (Å²) in [7, 11) is 0. The average molecular weight is 262 g/mol. The molecule has 2 aliphatic rings. The summed E-state index contributed by atoms with van der Waals surface area (Å²) in [5, 5.41) is 0. The van der Waals surface area contributed by atoms with E-state index in [1.54, 1.807) is 0 Å². The largest absolute Gasteiger partial charge is 0.490 e. The van der Waals surface area contributed by atoms with E-state index in [1.165, 1.54) is 12.8 Å². The fourth-order valence-corrected chi connectivity index (χ4v) is 2.66. The van der Waals surface area contributed by atoms with Crippen molar-refractivity contribution in [3.8, 4) is 5.75 Å². The zero-order valence-corrected chi connectivity index (χ0v) is 11.3. The normalized spacial score (nSPS) is 28.3. The van der Waals surface area contributed by atoms with Gasteiger partial charge in [0.1, 0.15) is 5.75 Å². The van der Waals surface area contributed by atoms with Crippen LogP contribution in [0, 0.1) is 5.92 Å². The summed E-state index contributed by atoms with van der Waals surface area (Å²) < 4.78 is 11.6. The number of nitrogens with two attached hydrogens (primary N) is 1. The molecule has 1 aromatic carbocycles. The molecule has 1 heterocycles. The molecule has 104 valence electrons. The molecule has 3 N–H and O–H groups in total. The van der Waals surface area contributed by atoms with Crippen LogP contribution in [0.1, 0.15) is 37.8 Å². The smallest absolute Gasteiger partial charge is 0.119 e. The summed E-state index contributed by atoms with van der Waals surface area (Å²) in [4.78, 5) is 0. The molecule has 3 atom stereocenters. The molecule has 19 heavy (non-hydrogen) atoms. The molecule has 3 unspecified atom stereocenters. The lowest BCUT2D eigenvalue weighted by Gasteiger charge is -2.26. The Morgan fingerprint density at radius 2 is 2.00 bits per heavy atom. The van der Waals surface area contributed by atoms with Crippen LogP contribution in [0.25, 0.3) is 0 Å². The summed E-state index contributed by atoms with van der Waals surface area (Å²) >= 11 is 0. The van der Waals surface area contributed by atoms with Crippen LogP contribution < -0.4 is 16.0 Å². The Balaban J connectivity index is 1.71. The van der Waals surface area contributed by atoms with E-state index in [4.69, 9.17) is 15.3 Å². The lowest BCUT2D eigenvalue weighted by Crippen LogP contribution is -2.38. The number of hydrazine groups is 1. The SMILES string of the molecule is CC1CCOC1C(NN)c1ccc(OC2CC2)cc1. The van der Waals surface area contributed by atoms with Crippen molar-refractivity contribution in [1.82, 2.24) is 5.43 Å². The van der Waals surface area contributed by atoms with Crippen molar-refractivity contribution in [3.63, 3.8) is 0 Å². The van der Waals surface area contributed by atoms with E-state index in [0.29, 0.717) is 12.0 Å². The molecule has 4 heteroatoms. The fraction of sp³-hybridized carbons (Fsp3) is 0.600. The zero-order chi connectivity index (χ0) is 13.2. The van der Waals surface area contributed by atoms with Gasteiger partial charge in [0.2, 0.25) is 0 Å². The maximum atomic E-state index is 5.80. The van der Waals surface area contributed by atoms with E-state index < -0.39 is 0 Å². The van der Waals surface area contributed by atoms with E-state index in [2.05, 4.69) is 24.5 Å². The van der Waals surface area contributed by atoms with Crippen LogP contribution in [0.5, 0.6) is 5.75 Å². The van der Waals surface area contributed by atoms with Crippen molar-refractivity contribution in [2.24, 2.45) is 11.8 Å². The third-order valence-electron chi connectivity index (χ3n) is 4.02. The highest BCUT2D eigenvalue weighted by atomic mass is 16.5. The highest BCUT2D eigenvalue weighted by molar-refractivity contribution is 5.30. The van der Waals surface area contributed by atoms with Gasteiger partial charge in [-0.05, 0) is 42.9 Å². The molecular weight excluding hydrogens is 240 g/mol. The maximum Gasteiger partial charge on any atom is 0.119 e. The second-order valence-corrected chi connectivity index (χ2v) is 5.63. The quantitative estimate of drug-likeness (QED) is 0.630. The molecule has 1 saturated heterocycles. The van der Waals surface area contributed by atoms with Gasteiger partial charge >= 0.3 is 0 Å². The van der Waals surface area contributed by atoms with Crippen LogP contribution in [0.2, 0.25) is 0 Å².